The normalized spacial score (nSPS) is 16.9. The Hall–Kier alpha value is -2.58. The molecular weight excluding hydrogens is 384 g/mol. The van der Waals surface area contributed by atoms with Gasteiger partial charge in [-0.15, -0.1) is 12.4 Å². The van der Waals surface area contributed by atoms with Gasteiger partial charge < -0.3 is 20.5 Å². The van der Waals surface area contributed by atoms with Crippen molar-refractivity contribution in [2.45, 2.75) is 25.3 Å². The van der Waals surface area contributed by atoms with Crippen molar-refractivity contribution in [2.75, 3.05) is 27.3 Å². The van der Waals surface area contributed by atoms with Crippen LogP contribution in [0.1, 0.15) is 46.9 Å². The van der Waals surface area contributed by atoms with E-state index in [-0.39, 0.29) is 29.8 Å². The number of carbonyl (C=O) groups is 2. The zero-order valence-corrected chi connectivity index (χ0v) is 16.9. The predicted octanol–water partition coefficient (Wildman–Crippen LogP) is 1.68. The maximum atomic E-state index is 12.6. The van der Waals surface area contributed by atoms with Gasteiger partial charge in [-0.3, -0.25) is 14.3 Å². The molecule has 0 spiro atoms. The minimum Gasteiger partial charge on any atom is -0.497 e. The molecule has 0 saturated carbocycles. The SMILES string of the molecule is COc1cc(OC)cc(C(C(C)=O)c2nn(C3CCNC3)cc2C(N)=O)c1.Cl. The number of aromatic nitrogens is 2. The van der Waals surface area contributed by atoms with E-state index in [1.807, 2.05) is 0 Å². The van der Waals surface area contributed by atoms with Crippen LogP contribution in [0.5, 0.6) is 11.5 Å². The van der Waals surface area contributed by atoms with Gasteiger partial charge in [-0.25, -0.2) is 0 Å². The number of amides is 1. The predicted molar refractivity (Wildman–Crippen MR) is 107 cm³/mol. The average Bonchev–Trinajstić information content (AvgIpc) is 3.31. The maximum absolute atomic E-state index is 12.6. The molecule has 2 unspecified atom stereocenters. The number of nitrogens with zero attached hydrogens (tertiary/aromatic N) is 2. The first kappa shape index (κ1) is 21.7. The van der Waals surface area contributed by atoms with Crippen molar-refractivity contribution in [3.05, 3.63) is 41.2 Å². The molecular formula is C19H25ClN4O4. The third-order valence-electron chi connectivity index (χ3n) is 4.82. The van der Waals surface area contributed by atoms with Crippen molar-refractivity contribution in [2.24, 2.45) is 5.73 Å². The fourth-order valence-electron chi connectivity index (χ4n) is 3.44. The highest BCUT2D eigenvalue weighted by Crippen LogP contribution is 2.33. The molecule has 1 aromatic heterocycles. The second-order valence-corrected chi connectivity index (χ2v) is 6.61. The lowest BCUT2D eigenvalue weighted by molar-refractivity contribution is -0.117. The van der Waals surface area contributed by atoms with Crippen LogP contribution in [0.2, 0.25) is 0 Å². The summed E-state index contributed by atoms with van der Waals surface area (Å²) >= 11 is 0. The molecule has 9 heteroatoms. The molecule has 3 rings (SSSR count). The fraction of sp³-hybridized carbons (Fsp3) is 0.421. The molecule has 28 heavy (non-hydrogen) atoms. The molecule has 1 saturated heterocycles. The smallest absolute Gasteiger partial charge is 0.252 e. The largest absolute Gasteiger partial charge is 0.497 e. The Kier molecular flexibility index (Phi) is 7.04. The Labute approximate surface area is 169 Å². The van der Waals surface area contributed by atoms with E-state index in [0.29, 0.717) is 22.8 Å². The molecule has 3 N–H and O–H groups in total. The molecule has 2 aromatic rings. The summed E-state index contributed by atoms with van der Waals surface area (Å²) in [5.74, 6) is -0.399. The van der Waals surface area contributed by atoms with E-state index in [0.717, 1.165) is 19.5 Å². The summed E-state index contributed by atoms with van der Waals surface area (Å²) in [6, 6.07) is 5.34. The second-order valence-electron chi connectivity index (χ2n) is 6.61. The molecule has 1 fully saturated rings. The van der Waals surface area contributed by atoms with Crippen molar-refractivity contribution in [1.29, 1.82) is 0 Å². The lowest BCUT2D eigenvalue weighted by Crippen LogP contribution is -2.19. The van der Waals surface area contributed by atoms with Gasteiger partial charge in [0.05, 0.1) is 37.4 Å². The molecule has 1 aliphatic rings. The maximum Gasteiger partial charge on any atom is 0.252 e. The first-order chi connectivity index (χ1) is 12.9. The molecule has 2 atom stereocenters. The molecule has 0 bridgehead atoms. The third kappa shape index (κ3) is 4.28. The van der Waals surface area contributed by atoms with Gasteiger partial charge in [-0.05, 0) is 37.6 Å². The summed E-state index contributed by atoms with van der Waals surface area (Å²) in [5, 5.41) is 7.86. The molecule has 0 radical (unpaired) electrons. The summed E-state index contributed by atoms with van der Waals surface area (Å²) in [6.45, 7) is 3.11. The van der Waals surface area contributed by atoms with E-state index in [1.165, 1.54) is 21.1 Å². The van der Waals surface area contributed by atoms with E-state index in [2.05, 4.69) is 10.4 Å². The molecule has 8 nitrogen and oxygen atoms in total. The van der Waals surface area contributed by atoms with Crippen molar-refractivity contribution < 1.29 is 19.1 Å². The molecule has 1 aromatic carbocycles. The van der Waals surface area contributed by atoms with Gasteiger partial charge in [0.25, 0.3) is 5.91 Å². The summed E-state index contributed by atoms with van der Waals surface area (Å²) in [6.07, 6.45) is 2.54. The van der Waals surface area contributed by atoms with Gasteiger partial charge in [0, 0.05) is 18.8 Å². The lowest BCUT2D eigenvalue weighted by Gasteiger charge is -2.16. The number of nitrogens with one attached hydrogen (secondary N) is 1. The number of carbonyl (C=O) groups excluding carboxylic acids is 2. The summed E-state index contributed by atoms with van der Waals surface area (Å²) in [7, 11) is 3.08. The third-order valence-corrected chi connectivity index (χ3v) is 4.82. The Bertz CT molecular complexity index is 839. The minimum atomic E-state index is -0.743. The number of halogens is 1. The Balaban J connectivity index is 0.00000280. The van der Waals surface area contributed by atoms with E-state index < -0.39 is 11.8 Å². The van der Waals surface area contributed by atoms with Crippen LogP contribution in [0.3, 0.4) is 0 Å². The highest BCUT2D eigenvalue weighted by Gasteiger charge is 2.30. The highest BCUT2D eigenvalue weighted by atomic mass is 35.5. The van der Waals surface area contributed by atoms with E-state index in [1.54, 1.807) is 29.1 Å². The van der Waals surface area contributed by atoms with Crippen LogP contribution >= 0.6 is 12.4 Å². The van der Waals surface area contributed by atoms with E-state index in [9.17, 15) is 9.59 Å². The number of methoxy groups -OCH3 is 2. The van der Waals surface area contributed by atoms with Crippen molar-refractivity contribution in [3.63, 3.8) is 0 Å². The zero-order chi connectivity index (χ0) is 19.6. The number of primary amides is 1. The summed E-state index contributed by atoms with van der Waals surface area (Å²) in [4.78, 5) is 24.6. The standard InChI is InChI=1S/C19H24N4O4.ClH/c1-11(24)17(12-6-14(26-2)8-15(7-12)27-3)18-16(19(20)25)10-23(22-18)13-4-5-21-9-13;/h6-8,10,13,17,21H,4-5,9H2,1-3H3,(H2,20,25);1H. The van der Waals surface area contributed by atoms with Crippen LogP contribution in [0.4, 0.5) is 0 Å². The van der Waals surface area contributed by atoms with Gasteiger partial charge >= 0.3 is 0 Å². The lowest BCUT2D eigenvalue weighted by atomic mass is 9.89. The Morgan fingerprint density at radius 3 is 2.36 bits per heavy atom. The Morgan fingerprint density at radius 2 is 1.89 bits per heavy atom. The fourth-order valence-corrected chi connectivity index (χ4v) is 3.44. The number of hydrogen-bond acceptors (Lipinski definition) is 6. The molecule has 1 amide bonds. The average molecular weight is 409 g/mol. The number of hydrogen-bond donors (Lipinski definition) is 2. The summed E-state index contributed by atoms with van der Waals surface area (Å²) < 4.78 is 12.4. The van der Waals surface area contributed by atoms with E-state index >= 15 is 0 Å². The number of benzene rings is 1. The topological polar surface area (TPSA) is 108 Å². The molecule has 1 aliphatic heterocycles. The van der Waals surface area contributed by atoms with Crippen LogP contribution in [0.25, 0.3) is 0 Å². The zero-order valence-electron chi connectivity index (χ0n) is 16.1. The van der Waals surface area contributed by atoms with Crippen LogP contribution in [0.15, 0.2) is 24.4 Å². The number of nitrogens with two attached hydrogens (primary N) is 1. The number of Topliss-reactive ketones (excluding diaryl/α,β-unsaturated/α-hetero) is 1. The van der Waals surface area contributed by atoms with Crippen LogP contribution in [-0.2, 0) is 4.79 Å². The van der Waals surface area contributed by atoms with Crippen LogP contribution in [-0.4, -0.2) is 48.8 Å². The molecule has 2 heterocycles. The monoisotopic (exact) mass is 408 g/mol. The van der Waals surface area contributed by atoms with Crippen molar-refractivity contribution >= 4 is 24.1 Å². The first-order valence-corrected chi connectivity index (χ1v) is 8.77. The quantitative estimate of drug-likeness (QED) is 0.721. The van der Waals surface area contributed by atoms with E-state index in [4.69, 9.17) is 15.2 Å². The highest BCUT2D eigenvalue weighted by molar-refractivity contribution is 5.97. The van der Waals surface area contributed by atoms with Crippen LogP contribution in [0, 0.1) is 0 Å². The van der Waals surface area contributed by atoms with Crippen molar-refractivity contribution in [1.82, 2.24) is 15.1 Å². The van der Waals surface area contributed by atoms with Crippen LogP contribution < -0.4 is 20.5 Å². The number of ketones is 1. The van der Waals surface area contributed by atoms with Gasteiger partial charge in [0.1, 0.15) is 17.3 Å². The van der Waals surface area contributed by atoms with Gasteiger partial charge in [0.2, 0.25) is 0 Å². The van der Waals surface area contributed by atoms with Crippen molar-refractivity contribution in [3.8, 4) is 11.5 Å². The number of ether oxygens (including phenoxy) is 2. The molecule has 0 aliphatic carbocycles. The number of rotatable bonds is 7. The molecule has 152 valence electrons. The minimum absolute atomic E-state index is 0. The van der Waals surface area contributed by atoms with Gasteiger partial charge in [-0.2, -0.15) is 5.10 Å². The summed E-state index contributed by atoms with van der Waals surface area (Å²) in [5.41, 5.74) is 6.83. The first-order valence-electron chi connectivity index (χ1n) is 8.77. The van der Waals surface area contributed by atoms with Gasteiger partial charge in [0.15, 0.2) is 0 Å². The Morgan fingerprint density at radius 1 is 1.25 bits per heavy atom. The second kappa shape index (κ2) is 9.07. The van der Waals surface area contributed by atoms with Gasteiger partial charge in [-0.1, -0.05) is 0 Å².